The highest BCUT2D eigenvalue weighted by Crippen LogP contribution is 2.16. The summed E-state index contributed by atoms with van der Waals surface area (Å²) in [5, 5.41) is 3.23. The minimum absolute atomic E-state index is 0.494. The predicted octanol–water partition coefficient (Wildman–Crippen LogP) is 2.87. The van der Waals surface area contributed by atoms with Gasteiger partial charge in [-0.25, -0.2) is 0 Å². The van der Waals surface area contributed by atoms with Crippen LogP contribution in [0.1, 0.15) is 17.4 Å². The highest BCUT2D eigenvalue weighted by Gasteiger charge is 2.01. The van der Waals surface area contributed by atoms with Crippen LogP contribution in [0.5, 0.6) is 5.75 Å². The predicted molar refractivity (Wildman–Crippen MR) is 75.1 cm³/mol. The number of rotatable bonds is 6. The van der Waals surface area contributed by atoms with Gasteiger partial charge < -0.3 is 10.1 Å². The van der Waals surface area contributed by atoms with Crippen molar-refractivity contribution in [1.29, 1.82) is 0 Å². The first kappa shape index (κ1) is 13.1. The van der Waals surface area contributed by atoms with Gasteiger partial charge in [-0.1, -0.05) is 12.1 Å². The van der Waals surface area contributed by atoms with Crippen LogP contribution >= 0.6 is 11.3 Å². The lowest BCUT2D eigenvalue weighted by Gasteiger charge is -2.10. The van der Waals surface area contributed by atoms with Gasteiger partial charge in [0.15, 0.2) is 0 Å². The van der Waals surface area contributed by atoms with Gasteiger partial charge >= 0.3 is 0 Å². The average molecular weight is 262 g/mol. The zero-order chi connectivity index (χ0) is 12.8. The van der Waals surface area contributed by atoms with Crippen molar-refractivity contribution >= 4 is 11.3 Å². The topological polar surface area (TPSA) is 34.1 Å². The molecule has 0 bridgehead atoms. The molecule has 0 saturated heterocycles. The highest BCUT2D eigenvalue weighted by molar-refractivity contribution is 7.09. The normalized spacial score (nSPS) is 12.3. The standard InChI is InChI=1S/C14H18N2OS/c1-11(15-2)7-12-3-5-13(6-4-12)17-9-14-8-16-10-18-14/h3-6,8,10-11,15H,7,9H2,1-2H3. The van der Waals surface area contributed by atoms with Crippen molar-refractivity contribution in [3.8, 4) is 5.75 Å². The zero-order valence-corrected chi connectivity index (χ0v) is 11.5. The van der Waals surface area contributed by atoms with Crippen LogP contribution in [0.3, 0.4) is 0 Å². The molecular weight excluding hydrogens is 244 g/mol. The van der Waals surface area contributed by atoms with Gasteiger partial charge in [0, 0.05) is 12.2 Å². The van der Waals surface area contributed by atoms with E-state index in [1.807, 2.05) is 30.9 Å². The molecule has 0 spiro atoms. The molecule has 1 unspecified atom stereocenters. The number of ether oxygens (including phenoxy) is 1. The van der Waals surface area contributed by atoms with Gasteiger partial charge in [0.1, 0.15) is 12.4 Å². The molecule has 4 heteroatoms. The molecule has 0 saturated carbocycles. The Balaban J connectivity index is 1.87. The summed E-state index contributed by atoms with van der Waals surface area (Å²) in [6, 6.07) is 8.79. The summed E-state index contributed by atoms with van der Waals surface area (Å²) in [6.07, 6.45) is 2.87. The Morgan fingerprint density at radius 1 is 1.33 bits per heavy atom. The van der Waals surface area contributed by atoms with Crippen LogP contribution < -0.4 is 10.1 Å². The van der Waals surface area contributed by atoms with Crippen molar-refractivity contribution in [1.82, 2.24) is 10.3 Å². The van der Waals surface area contributed by atoms with E-state index in [-0.39, 0.29) is 0 Å². The second-order valence-electron chi connectivity index (χ2n) is 4.29. The maximum atomic E-state index is 5.69. The minimum atomic E-state index is 0.494. The van der Waals surface area contributed by atoms with Crippen molar-refractivity contribution < 1.29 is 4.74 Å². The van der Waals surface area contributed by atoms with Gasteiger partial charge in [-0.05, 0) is 38.1 Å². The highest BCUT2D eigenvalue weighted by atomic mass is 32.1. The van der Waals surface area contributed by atoms with Gasteiger partial charge in [0.05, 0.1) is 10.4 Å². The van der Waals surface area contributed by atoms with E-state index in [0.717, 1.165) is 17.0 Å². The number of hydrogen-bond acceptors (Lipinski definition) is 4. The summed E-state index contributed by atoms with van der Waals surface area (Å²) in [6.45, 7) is 2.77. The number of nitrogens with one attached hydrogen (secondary N) is 1. The first-order valence-corrected chi connectivity index (χ1v) is 6.92. The largest absolute Gasteiger partial charge is 0.488 e. The molecule has 1 aromatic heterocycles. The Morgan fingerprint density at radius 2 is 2.11 bits per heavy atom. The van der Waals surface area contributed by atoms with Gasteiger partial charge in [-0.15, -0.1) is 11.3 Å². The molecule has 96 valence electrons. The van der Waals surface area contributed by atoms with Crippen LogP contribution in [0.4, 0.5) is 0 Å². The SMILES string of the molecule is CNC(C)Cc1ccc(OCc2cncs2)cc1. The van der Waals surface area contributed by atoms with E-state index in [2.05, 4.69) is 29.4 Å². The minimum Gasteiger partial charge on any atom is -0.488 e. The number of likely N-dealkylation sites (N-methyl/N-ethyl adjacent to an activating group) is 1. The molecular formula is C14H18N2OS. The van der Waals surface area contributed by atoms with Crippen molar-refractivity contribution in [2.24, 2.45) is 0 Å². The van der Waals surface area contributed by atoms with Crippen molar-refractivity contribution in [2.45, 2.75) is 26.0 Å². The summed E-state index contributed by atoms with van der Waals surface area (Å²) < 4.78 is 5.69. The fraction of sp³-hybridized carbons (Fsp3) is 0.357. The molecule has 1 atom stereocenters. The fourth-order valence-corrected chi connectivity index (χ4v) is 2.15. The Morgan fingerprint density at radius 3 is 2.72 bits per heavy atom. The molecule has 18 heavy (non-hydrogen) atoms. The molecule has 0 radical (unpaired) electrons. The van der Waals surface area contributed by atoms with Gasteiger partial charge in [0.2, 0.25) is 0 Å². The van der Waals surface area contributed by atoms with E-state index in [1.54, 1.807) is 11.3 Å². The molecule has 2 rings (SSSR count). The third-order valence-corrected chi connectivity index (χ3v) is 3.58. The van der Waals surface area contributed by atoms with E-state index in [9.17, 15) is 0 Å². The second-order valence-corrected chi connectivity index (χ2v) is 5.27. The lowest BCUT2D eigenvalue weighted by Crippen LogP contribution is -2.23. The molecule has 2 aromatic rings. The quantitative estimate of drug-likeness (QED) is 0.869. The molecule has 1 N–H and O–H groups in total. The smallest absolute Gasteiger partial charge is 0.124 e. The van der Waals surface area contributed by atoms with Crippen molar-refractivity contribution in [3.05, 3.63) is 46.4 Å². The number of benzene rings is 1. The van der Waals surface area contributed by atoms with Gasteiger partial charge in [-0.2, -0.15) is 0 Å². The lowest BCUT2D eigenvalue weighted by molar-refractivity contribution is 0.309. The van der Waals surface area contributed by atoms with Crippen LogP contribution in [0.15, 0.2) is 36.0 Å². The third kappa shape index (κ3) is 3.82. The molecule has 0 aliphatic carbocycles. The summed E-state index contributed by atoms with van der Waals surface area (Å²) in [5.41, 5.74) is 3.14. The van der Waals surface area contributed by atoms with Crippen LogP contribution in [-0.4, -0.2) is 18.1 Å². The lowest BCUT2D eigenvalue weighted by atomic mass is 10.1. The van der Waals surface area contributed by atoms with E-state index >= 15 is 0 Å². The van der Waals surface area contributed by atoms with Crippen LogP contribution in [-0.2, 0) is 13.0 Å². The second kappa shape index (κ2) is 6.52. The number of thiazole rings is 1. The molecule has 1 aromatic carbocycles. The monoisotopic (exact) mass is 262 g/mol. The molecule has 0 fully saturated rings. The van der Waals surface area contributed by atoms with E-state index in [4.69, 9.17) is 4.74 Å². The fourth-order valence-electron chi connectivity index (χ4n) is 1.65. The number of nitrogens with zero attached hydrogens (tertiary/aromatic N) is 1. The van der Waals surface area contributed by atoms with Gasteiger partial charge in [0.25, 0.3) is 0 Å². The van der Waals surface area contributed by atoms with Crippen molar-refractivity contribution in [2.75, 3.05) is 7.05 Å². The maximum absolute atomic E-state index is 5.69. The van der Waals surface area contributed by atoms with Crippen LogP contribution in [0.2, 0.25) is 0 Å². The number of hydrogen-bond donors (Lipinski definition) is 1. The van der Waals surface area contributed by atoms with E-state index < -0.39 is 0 Å². The first-order valence-electron chi connectivity index (χ1n) is 6.04. The van der Waals surface area contributed by atoms with E-state index in [0.29, 0.717) is 12.6 Å². The van der Waals surface area contributed by atoms with Gasteiger partial charge in [-0.3, -0.25) is 4.98 Å². The van der Waals surface area contributed by atoms with Crippen molar-refractivity contribution in [3.63, 3.8) is 0 Å². The zero-order valence-electron chi connectivity index (χ0n) is 10.7. The van der Waals surface area contributed by atoms with E-state index in [1.165, 1.54) is 5.56 Å². The Kier molecular flexibility index (Phi) is 4.73. The molecule has 3 nitrogen and oxygen atoms in total. The Hall–Kier alpha value is -1.39. The summed E-state index contributed by atoms with van der Waals surface area (Å²) in [4.78, 5) is 5.16. The number of aromatic nitrogens is 1. The molecule has 0 aliphatic heterocycles. The summed E-state index contributed by atoms with van der Waals surface area (Å²) >= 11 is 1.61. The molecule has 1 heterocycles. The molecule has 0 amide bonds. The summed E-state index contributed by atoms with van der Waals surface area (Å²) in [5.74, 6) is 0.907. The van der Waals surface area contributed by atoms with Crippen LogP contribution in [0, 0.1) is 0 Å². The van der Waals surface area contributed by atoms with Crippen LogP contribution in [0.25, 0.3) is 0 Å². The Labute approximate surface area is 112 Å². The Bertz CT molecular complexity index is 453. The third-order valence-electron chi connectivity index (χ3n) is 2.82. The maximum Gasteiger partial charge on any atom is 0.124 e. The summed E-state index contributed by atoms with van der Waals surface area (Å²) in [7, 11) is 1.98. The first-order chi connectivity index (χ1) is 8.78. The average Bonchev–Trinajstić information content (AvgIpc) is 2.91. The molecule has 0 aliphatic rings.